The van der Waals surface area contributed by atoms with Crippen molar-refractivity contribution in [1.29, 1.82) is 0 Å². The molecule has 1 aromatic heterocycles. The van der Waals surface area contributed by atoms with Crippen molar-refractivity contribution < 1.29 is 14.3 Å². The summed E-state index contributed by atoms with van der Waals surface area (Å²) in [5, 5.41) is 2.78. The van der Waals surface area contributed by atoms with Crippen LogP contribution in [0.4, 0.5) is 11.8 Å². The van der Waals surface area contributed by atoms with Gasteiger partial charge in [-0.3, -0.25) is 14.6 Å². The number of hydrogen-bond acceptors (Lipinski definition) is 6. The maximum absolute atomic E-state index is 13.0. The minimum Gasteiger partial charge on any atom is -0.493 e. The quantitative estimate of drug-likeness (QED) is 0.839. The van der Waals surface area contributed by atoms with Gasteiger partial charge in [0.15, 0.2) is 11.5 Å². The lowest BCUT2D eigenvalue weighted by Gasteiger charge is -2.30. The predicted molar refractivity (Wildman–Crippen MR) is 106 cm³/mol. The molecule has 148 valence electrons. The van der Waals surface area contributed by atoms with E-state index < -0.39 is 5.92 Å². The number of benzene rings is 1. The zero-order chi connectivity index (χ0) is 19.7. The molecule has 1 saturated heterocycles. The molecule has 1 aromatic carbocycles. The van der Waals surface area contributed by atoms with Crippen molar-refractivity contribution in [3.63, 3.8) is 0 Å². The molecule has 3 heterocycles. The standard InChI is InChI=1S/C20H24N4O4/c1-27-14-8-6-7-12(17(14)28-2)13-11-15(25)21-18-16(13)19(26)23-20(22-18)24-9-4-3-5-10-24/h6-8,13H,3-5,9-11H2,1-2H3,(H2,21,22,23,25,26)/t13-/m0/s1. The molecule has 2 aliphatic rings. The number of nitrogens with one attached hydrogen (secondary N) is 2. The normalized spacial score (nSPS) is 19.0. The number of ether oxygens (including phenoxy) is 2. The summed E-state index contributed by atoms with van der Waals surface area (Å²) in [5.74, 6) is 1.29. The van der Waals surface area contributed by atoms with E-state index in [4.69, 9.17) is 9.47 Å². The van der Waals surface area contributed by atoms with Crippen LogP contribution in [0.3, 0.4) is 0 Å². The Bertz CT molecular complexity index is 950. The average Bonchev–Trinajstić information content (AvgIpc) is 2.72. The molecule has 1 atom stereocenters. The van der Waals surface area contributed by atoms with Crippen molar-refractivity contribution in [2.75, 3.05) is 37.5 Å². The van der Waals surface area contributed by atoms with E-state index in [9.17, 15) is 9.59 Å². The van der Waals surface area contributed by atoms with Crippen LogP contribution in [-0.4, -0.2) is 43.2 Å². The number of H-pyrrole nitrogens is 1. The van der Waals surface area contributed by atoms with Crippen LogP contribution in [0.1, 0.15) is 42.7 Å². The molecule has 2 aromatic rings. The number of fused-ring (bicyclic) bond motifs is 1. The Hall–Kier alpha value is -3.03. The van der Waals surface area contributed by atoms with Gasteiger partial charge >= 0.3 is 0 Å². The van der Waals surface area contributed by atoms with E-state index in [0.717, 1.165) is 31.5 Å². The molecule has 0 saturated carbocycles. The van der Waals surface area contributed by atoms with Crippen molar-refractivity contribution in [2.24, 2.45) is 0 Å². The molecule has 4 rings (SSSR count). The Labute approximate surface area is 162 Å². The number of nitrogens with zero attached hydrogens (tertiary/aromatic N) is 2. The summed E-state index contributed by atoms with van der Waals surface area (Å²) in [6.45, 7) is 1.70. The summed E-state index contributed by atoms with van der Waals surface area (Å²) in [7, 11) is 3.11. The number of hydrogen-bond donors (Lipinski definition) is 2. The summed E-state index contributed by atoms with van der Waals surface area (Å²) < 4.78 is 10.9. The largest absolute Gasteiger partial charge is 0.493 e. The van der Waals surface area contributed by atoms with Gasteiger partial charge < -0.3 is 19.7 Å². The lowest BCUT2D eigenvalue weighted by Crippen LogP contribution is -2.36. The number of carbonyl (C=O) groups is 1. The molecule has 0 radical (unpaired) electrons. The predicted octanol–water partition coefficient (Wildman–Crippen LogP) is 2.25. The maximum Gasteiger partial charge on any atom is 0.258 e. The number of para-hydroxylation sites is 1. The number of piperidine rings is 1. The molecule has 1 fully saturated rings. The van der Waals surface area contributed by atoms with Crippen LogP contribution >= 0.6 is 0 Å². The molecule has 0 spiro atoms. The first kappa shape index (κ1) is 18.3. The van der Waals surface area contributed by atoms with Gasteiger partial charge in [-0.15, -0.1) is 0 Å². The first-order valence-electron chi connectivity index (χ1n) is 9.52. The molecule has 0 bridgehead atoms. The summed E-state index contributed by atoms with van der Waals surface area (Å²) in [5.41, 5.74) is 0.948. The van der Waals surface area contributed by atoms with Crippen LogP contribution < -0.4 is 25.2 Å². The summed E-state index contributed by atoms with van der Waals surface area (Å²) in [6.07, 6.45) is 3.46. The van der Waals surface area contributed by atoms with E-state index in [0.29, 0.717) is 28.8 Å². The van der Waals surface area contributed by atoms with Crippen molar-refractivity contribution in [1.82, 2.24) is 9.97 Å². The van der Waals surface area contributed by atoms with Gasteiger partial charge in [0.1, 0.15) is 5.82 Å². The van der Waals surface area contributed by atoms with E-state index in [1.54, 1.807) is 20.3 Å². The van der Waals surface area contributed by atoms with Crippen molar-refractivity contribution in [3.05, 3.63) is 39.7 Å². The van der Waals surface area contributed by atoms with Crippen LogP contribution in [0.2, 0.25) is 0 Å². The monoisotopic (exact) mass is 384 g/mol. The summed E-state index contributed by atoms with van der Waals surface area (Å²) in [4.78, 5) is 35.0. The first-order valence-corrected chi connectivity index (χ1v) is 9.52. The van der Waals surface area contributed by atoms with Gasteiger partial charge in [0.2, 0.25) is 11.9 Å². The van der Waals surface area contributed by atoms with Gasteiger partial charge in [-0.1, -0.05) is 12.1 Å². The minimum atomic E-state index is -0.458. The SMILES string of the molecule is COc1cccc([C@@H]2CC(=O)Nc3nc(N4CCCCC4)[nH]c(=O)c32)c1OC. The van der Waals surface area contributed by atoms with Gasteiger partial charge in [-0.25, -0.2) is 0 Å². The molecule has 8 heteroatoms. The van der Waals surface area contributed by atoms with Crippen LogP contribution in [0, 0.1) is 0 Å². The number of rotatable bonds is 4. The van der Waals surface area contributed by atoms with E-state index in [-0.39, 0.29) is 17.9 Å². The molecular formula is C20H24N4O4. The average molecular weight is 384 g/mol. The highest BCUT2D eigenvalue weighted by Gasteiger charge is 2.34. The second kappa shape index (κ2) is 7.53. The Kier molecular flexibility index (Phi) is 4.93. The molecule has 8 nitrogen and oxygen atoms in total. The molecule has 0 unspecified atom stereocenters. The van der Waals surface area contributed by atoms with E-state index in [1.165, 1.54) is 6.42 Å². The van der Waals surface area contributed by atoms with Crippen LogP contribution in [0.15, 0.2) is 23.0 Å². The first-order chi connectivity index (χ1) is 13.6. The Morgan fingerprint density at radius 3 is 2.61 bits per heavy atom. The Morgan fingerprint density at radius 2 is 1.89 bits per heavy atom. The Balaban J connectivity index is 1.82. The third-order valence-corrected chi connectivity index (χ3v) is 5.40. The number of aromatic nitrogens is 2. The highest BCUT2D eigenvalue weighted by atomic mass is 16.5. The van der Waals surface area contributed by atoms with Gasteiger partial charge in [-0.2, -0.15) is 4.98 Å². The second-order valence-corrected chi connectivity index (χ2v) is 7.09. The summed E-state index contributed by atoms with van der Waals surface area (Å²) in [6, 6.07) is 5.47. The van der Waals surface area contributed by atoms with Crippen molar-refractivity contribution in [2.45, 2.75) is 31.6 Å². The lowest BCUT2D eigenvalue weighted by atomic mass is 9.86. The zero-order valence-corrected chi connectivity index (χ0v) is 16.1. The number of methoxy groups -OCH3 is 2. The van der Waals surface area contributed by atoms with E-state index >= 15 is 0 Å². The fourth-order valence-electron chi connectivity index (χ4n) is 4.07. The molecule has 1 amide bonds. The van der Waals surface area contributed by atoms with Crippen LogP contribution in [0.25, 0.3) is 0 Å². The second-order valence-electron chi connectivity index (χ2n) is 7.09. The number of amides is 1. The minimum absolute atomic E-state index is 0.143. The van der Waals surface area contributed by atoms with Gasteiger partial charge in [0.25, 0.3) is 5.56 Å². The molecule has 2 aliphatic heterocycles. The van der Waals surface area contributed by atoms with E-state index in [1.807, 2.05) is 12.1 Å². The number of aromatic amines is 1. The Morgan fingerprint density at radius 1 is 1.11 bits per heavy atom. The molecule has 2 N–H and O–H groups in total. The zero-order valence-electron chi connectivity index (χ0n) is 16.1. The number of anilines is 2. The highest BCUT2D eigenvalue weighted by Crippen LogP contribution is 2.42. The van der Waals surface area contributed by atoms with Gasteiger partial charge in [0.05, 0.1) is 19.8 Å². The van der Waals surface area contributed by atoms with E-state index in [2.05, 4.69) is 20.2 Å². The fraction of sp³-hybridized carbons (Fsp3) is 0.450. The molecule has 0 aliphatic carbocycles. The smallest absolute Gasteiger partial charge is 0.258 e. The van der Waals surface area contributed by atoms with Crippen LogP contribution in [0.5, 0.6) is 11.5 Å². The fourth-order valence-corrected chi connectivity index (χ4v) is 4.07. The van der Waals surface area contributed by atoms with Crippen LogP contribution in [-0.2, 0) is 4.79 Å². The van der Waals surface area contributed by atoms with Crippen molar-refractivity contribution >= 4 is 17.7 Å². The third kappa shape index (κ3) is 3.19. The van der Waals surface area contributed by atoms with Gasteiger partial charge in [-0.05, 0) is 25.3 Å². The lowest BCUT2D eigenvalue weighted by molar-refractivity contribution is -0.116. The molecule has 28 heavy (non-hydrogen) atoms. The summed E-state index contributed by atoms with van der Waals surface area (Å²) >= 11 is 0. The number of carbonyl (C=O) groups excluding carboxylic acids is 1. The highest BCUT2D eigenvalue weighted by molar-refractivity contribution is 5.94. The maximum atomic E-state index is 13.0. The third-order valence-electron chi connectivity index (χ3n) is 5.40. The topological polar surface area (TPSA) is 96.5 Å². The molecular weight excluding hydrogens is 360 g/mol. The van der Waals surface area contributed by atoms with Gasteiger partial charge in [0, 0.05) is 31.0 Å². The van der Waals surface area contributed by atoms with Crippen molar-refractivity contribution in [3.8, 4) is 11.5 Å².